The van der Waals surface area contributed by atoms with Crippen LogP contribution in [0.25, 0.3) is 11.2 Å². The molecular weight excluding hydrogens is 531 g/mol. The summed E-state index contributed by atoms with van der Waals surface area (Å²) in [7, 11) is -11.0. The highest BCUT2D eigenvalue weighted by molar-refractivity contribution is 8.08. The van der Waals surface area contributed by atoms with E-state index in [-0.39, 0.29) is 23.5 Å². The third kappa shape index (κ3) is 5.94. The minimum atomic E-state index is -5.50. The van der Waals surface area contributed by atoms with Crippen LogP contribution in [0.4, 0.5) is 5.95 Å². The van der Waals surface area contributed by atoms with Gasteiger partial charge in [-0.2, -0.15) is 9.29 Å². The molecule has 0 aromatic carbocycles. The van der Waals surface area contributed by atoms with E-state index in [0.29, 0.717) is 0 Å². The zero-order valence-corrected chi connectivity index (χ0v) is 20.3. The Morgan fingerprint density at radius 3 is 2.58 bits per heavy atom. The molecule has 1 fully saturated rings. The molecule has 1 saturated heterocycles. The third-order valence-corrected chi connectivity index (χ3v) is 9.29. The van der Waals surface area contributed by atoms with Gasteiger partial charge in [-0.25, -0.2) is 18.4 Å². The number of anilines is 1. The maximum atomic E-state index is 12.0. The average molecular weight is 551 g/mol. The van der Waals surface area contributed by atoms with Crippen LogP contribution in [-0.2, 0) is 44.5 Å². The largest absolute Gasteiger partial charge is 0.488 e. The van der Waals surface area contributed by atoms with E-state index < -0.39 is 52.0 Å². The van der Waals surface area contributed by atoms with Crippen molar-refractivity contribution in [1.29, 1.82) is 0 Å². The molecule has 3 rings (SSSR count). The summed E-state index contributed by atoms with van der Waals surface area (Å²) in [6.07, 6.45) is -0.0875. The number of hydrogen-bond acceptors (Lipinski definition) is 12. The monoisotopic (exact) mass is 551 g/mol. The molecule has 3 unspecified atom stereocenters. The number of rotatable bonds is 8. The summed E-state index contributed by atoms with van der Waals surface area (Å²) in [6, 6.07) is 0. The van der Waals surface area contributed by atoms with Crippen LogP contribution in [0.3, 0.4) is 0 Å². The fraction of sp³-hybridized carbons (Fsp3) is 0.583. The number of aliphatic hydroxyl groups is 1. The first-order chi connectivity index (χ1) is 14.8. The number of aromatic amines is 1. The van der Waals surface area contributed by atoms with Crippen molar-refractivity contribution in [3.05, 3.63) is 16.7 Å². The van der Waals surface area contributed by atoms with Crippen molar-refractivity contribution in [1.82, 2.24) is 19.5 Å². The number of imidazole rings is 1. The normalized spacial score (nSPS) is 29.7. The maximum absolute atomic E-state index is 12.0. The van der Waals surface area contributed by atoms with Crippen LogP contribution in [0.5, 0.6) is 0 Å². The Hall–Kier alpha value is -1.10. The lowest BCUT2D eigenvalue weighted by Crippen LogP contribution is -2.41. The third-order valence-electron chi connectivity index (χ3n) is 4.60. The summed E-state index contributed by atoms with van der Waals surface area (Å²) in [5, 5.41) is 10.6. The number of nitrogens with one attached hydrogen (secondary N) is 1. The molecule has 1 aliphatic heterocycles. The molecule has 186 valence electrons. The van der Waals surface area contributed by atoms with Crippen LogP contribution >= 0.6 is 22.4 Å². The first kappa shape index (κ1) is 26.5. The molecule has 8 N–H and O–H groups in total. The van der Waals surface area contributed by atoms with E-state index in [1.807, 2.05) is 0 Å². The molecule has 1 aliphatic rings. The average Bonchev–Trinajstić information content (AvgIpc) is 3.10. The number of nitrogen functional groups attached to an aromatic ring is 1. The highest BCUT2D eigenvalue weighted by Gasteiger charge is 2.53. The highest BCUT2D eigenvalue weighted by Crippen LogP contribution is 2.66. The first-order valence-corrected chi connectivity index (χ1v) is 14.4. The molecule has 17 nitrogen and oxygen atoms in total. The van der Waals surface area contributed by atoms with Crippen LogP contribution in [0.15, 0.2) is 11.1 Å². The van der Waals surface area contributed by atoms with Gasteiger partial charge in [-0.1, -0.05) is 0 Å². The summed E-state index contributed by atoms with van der Waals surface area (Å²) >= 11 is 4.57. The van der Waals surface area contributed by atoms with Crippen LogP contribution in [0, 0.1) is 0 Å². The van der Waals surface area contributed by atoms with Gasteiger partial charge in [0.1, 0.15) is 11.3 Å². The second kappa shape index (κ2) is 8.53. The zero-order chi connectivity index (χ0) is 25.0. The van der Waals surface area contributed by atoms with Crippen LogP contribution in [-0.4, -0.2) is 62.5 Å². The summed E-state index contributed by atoms with van der Waals surface area (Å²) in [5.41, 5.74) is 2.12. The van der Waals surface area contributed by atoms with E-state index in [9.17, 15) is 28.8 Å². The van der Waals surface area contributed by atoms with Crippen molar-refractivity contribution in [3.8, 4) is 0 Å². The molecule has 33 heavy (non-hydrogen) atoms. The summed E-state index contributed by atoms with van der Waals surface area (Å²) < 4.78 is 42.4. The Bertz CT molecular complexity index is 1280. The number of nitrogens with two attached hydrogens (primary N) is 1. The van der Waals surface area contributed by atoms with Gasteiger partial charge in [0, 0.05) is 6.42 Å². The lowest BCUT2D eigenvalue weighted by Gasteiger charge is -2.32. The summed E-state index contributed by atoms with van der Waals surface area (Å²) in [5.74, 6) is -0.174. The van der Waals surface area contributed by atoms with Gasteiger partial charge in [-0.3, -0.25) is 14.3 Å². The quantitative estimate of drug-likeness (QED) is 0.201. The molecule has 2 aromatic rings. The Labute approximate surface area is 189 Å². The van der Waals surface area contributed by atoms with Gasteiger partial charge in [0.05, 0.1) is 19.0 Å². The number of aliphatic hydroxyl groups excluding tert-OH is 1. The van der Waals surface area contributed by atoms with Crippen LogP contribution in [0.1, 0.15) is 20.3 Å². The Balaban J connectivity index is 1.79. The molecule has 5 atom stereocenters. The van der Waals surface area contributed by atoms with Gasteiger partial charge >= 0.3 is 22.4 Å². The highest BCUT2D eigenvalue weighted by atomic mass is 32.5. The van der Waals surface area contributed by atoms with Crippen molar-refractivity contribution in [2.24, 2.45) is 0 Å². The van der Waals surface area contributed by atoms with Gasteiger partial charge in [0.2, 0.25) is 5.95 Å². The Morgan fingerprint density at radius 1 is 1.33 bits per heavy atom. The van der Waals surface area contributed by atoms with Gasteiger partial charge in [0.25, 0.3) is 5.56 Å². The second-order valence-corrected chi connectivity index (χ2v) is 13.2. The zero-order valence-electron chi connectivity index (χ0n) is 16.8. The number of H-pyrrole nitrogens is 1. The number of fused-ring (bicyclic) bond motifs is 1. The number of phosphoric acid groups is 2. The summed E-state index contributed by atoms with van der Waals surface area (Å²) in [4.78, 5) is 59.0. The standard InChI is InChI=1S/C12H20N5O12P3S/c1-11(4-26-32(25,33)29-31(23,24)28-30(20,21)22)6(18)3-12(2,27-11)17-5-14-7-8(17)15-10(13)16-9(7)19/h5-6,18H,3-4H2,1-2H3,(H,23,24)(H,25,33)(H2,20,21,22)(H3,13,15,16,19)/t6?,11-,12-,32?/m1/s1. The smallest absolute Gasteiger partial charge is 0.390 e. The van der Waals surface area contributed by atoms with E-state index in [1.165, 1.54) is 17.8 Å². The molecule has 0 radical (unpaired) electrons. The maximum Gasteiger partial charge on any atom is 0.488 e. The lowest BCUT2D eigenvalue weighted by molar-refractivity contribution is -0.157. The van der Waals surface area contributed by atoms with Crippen molar-refractivity contribution in [2.45, 2.75) is 37.7 Å². The van der Waals surface area contributed by atoms with Gasteiger partial charge in [-0.05, 0) is 25.7 Å². The molecule has 0 bridgehead atoms. The van der Waals surface area contributed by atoms with E-state index in [1.54, 1.807) is 6.92 Å². The van der Waals surface area contributed by atoms with E-state index in [2.05, 4.69) is 35.4 Å². The number of nitrogens with zero attached hydrogens (tertiary/aromatic N) is 3. The van der Waals surface area contributed by atoms with E-state index >= 15 is 0 Å². The summed E-state index contributed by atoms with van der Waals surface area (Å²) in [6.45, 7) is -2.38. The minimum absolute atomic E-state index is 0.0311. The minimum Gasteiger partial charge on any atom is -0.390 e. The van der Waals surface area contributed by atoms with Crippen molar-refractivity contribution >= 4 is 51.3 Å². The SMILES string of the molecule is C[C@]1(COP(O)(=S)OP(=O)(O)OP(=O)(O)O)O[C@@](C)(n2cnc3c(=O)[nH]c(N)nc32)CC1O. The van der Waals surface area contributed by atoms with Crippen molar-refractivity contribution in [3.63, 3.8) is 0 Å². The van der Waals surface area contributed by atoms with Gasteiger partial charge in [-0.15, -0.1) is 0 Å². The fourth-order valence-electron chi connectivity index (χ4n) is 3.25. The predicted molar refractivity (Wildman–Crippen MR) is 113 cm³/mol. The molecule has 0 saturated carbocycles. The lowest BCUT2D eigenvalue weighted by atomic mass is 9.99. The van der Waals surface area contributed by atoms with Gasteiger partial charge < -0.3 is 39.7 Å². The number of hydrogen-bond donors (Lipinski definition) is 7. The predicted octanol–water partition coefficient (Wildman–Crippen LogP) is -0.626. The topological polar surface area (TPSA) is 262 Å². The van der Waals surface area contributed by atoms with Crippen LogP contribution in [0.2, 0.25) is 0 Å². The molecule has 0 spiro atoms. The van der Waals surface area contributed by atoms with E-state index in [4.69, 9.17) is 24.8 Å². The van der Waals surface area contributed by atoms with Gasteiger partial charge in [0.15, 0.2) is 11.2 Å². The second-order valence-electron chi connectivity index (χ2n) is 7.41. The fourth-order valence-corrected chi connectivity index (χ4v) is 7.28. The van der Waals surface area contributed by atoms with Crippen LogP contribution < -0.4 is 11.3 Å². The molecular formula is C12H20N5O12P3S. The van der Waals surface area contributed by atoms with Crippen molar-refractivity contribution < 1.29 is 51.7 Å². The molecule has 0 aliphatic carbocycles. The van der Waals surface area contributed by atoms with Crippen molar-refractivity contribution in [2.75, 3.05) is 12.3 Å². The Morgan fingerprint density at radius 2 is 1.97 bits per heavy atom. The number of ether oxygens (including phenoxy) is 1. The number of aromatic nitrogens is 4. The molecule has 21 heteroatoms. The molecule has 3 heterocycles. The van der Waals surface area contributed by atoms with E-state index in [0.717, 1.165) is 0 Å². The first-order valence-electron chi connectivity index (χ1n) is 8.75. The molecule has 0 amide bonds. The molecule has 2 aromatic heterocycles. The Kier molecular flexibility index (Phi) is 6.85.